The summed E-state index contributed by atoms with van der Waals surface area (Å²) in [6.45, 7) is 11.4. The maximum atomic E-state index is 2.31. The van der Waals surface area contributed by atoms with Crippen molar-refractivity contribution in [2.75, 3.05) is 0 Å². The maximum absolute atomic E-state index is 2.31. The second-order valence-corrected chi connectivity index (χ2v) is 3.72. The Labute approximate surface area is 66.0 Å². The molecule has 0 aliphatic carbocycles. The van der Waals surface area contributed by atoms with E-state index in [1.54, 1.807) is 5.92 Å². The monoisotopic (exact) mass is 141 g/mol. The SMILES string of the molecule is CCCC([C](C)C)C(C)C. The Hall–Kier alpha value is 0. The standard InChI is InChI=1S/C10H21/c1-6-7-10(8(2)3)9(4)5/h8,10H,6-7H2,1-5H3. The predicted molar refractivity (Wildman–Crippen MR) is 47.8 cm³/mol. The molecule has 1 atom stereocenters. The van der Waals surface area contributed by atoms with Crippen LogP contribution in [0, 0.1) is 17.8 Å². The van der Waals surface area contributed by atoms with E-state index >= 15 is 0 Å². The van der Waals surface area contributed by atoms with E-state index in [1.807, 2.05) is 0 Å². The van der Waals surface area contributed by atoms with Gasteiger partial charge in [-0.15, -0.1) is 0 Å². The molecule has 0 heteroatoms. The number of hydrogen-bond donors (Lipinski definition) is 0. The number of hydrogen-bond acceptors (Lipinski definition) is 0. The van der Waals surface area contributed by atoms with Gasteiger partial charge in [-0.2, -0.15) is 0 Å². The average Bonchev–Trinajstić information content (AvgIpc) is 1.81. The molecule has 0 aromatic carbocycles. The van der Waals surface area contributed by atoms with Gasteiger partial charge in [-0.25, -0.2) is 0 Å². The summed E-state index contributed by atoms with van der Waals surface area (Å²) in [5.41, 5.74) is 0. The third kappa shape index (κ3) is 3.24. The van der Waals surface area contributed by atoms with Crippen molar-refractivity contribution in [1.82, 2.24) is 0 Å². The topological polar surface area (TPSA) is 0 Å². The largest absolute Gasteiger partial charge is 0.0654 e. The molecule has 1 radical (unpaired) electrons. The summed E-state index contributed by atoms with van der Waals surface area (Å²) in [7, 11) is 0. The summed E-state index contributed by atoms with van der Waals surface area (Å²) in [5, 5.41) is 0. The summed E-state index contributed by atoms with van der Waals surface area (Å²) in [6.07, 6.45) is 2.67. The van der Waals surface area contributed by atoms with E-state index in [9.17, 15) is 0 Å². The van der Waals surface area contributed by atoms with E-state index in [0.29, 0.717) is 0 Å². The Bertz CT molecular complexity index is 64.1. The van der Waals surface area contributed by atoms with Crippen LogP contribution in [0.5, 0.6) is 0 Å². The fourth-order valence-corrected chi connectivity index (χ4v) is 1.60. The normalized spacial score (nSPS) is 12.0. The van der Waals surface area contributed by atoms with E-state index in [4.69, 9.17) is 0 Å². The van der Waals surface area contributed by atoms with Crippen LogP contribution in [0.25, 0.3) is 0 Å². The molecule has 0 saturated carbocycles. The molecule has 0 aromatic rings. The Morgan fingerprint density at radius 2 is 1.70 bits per heavy atom. The van der Waals surface area contributed by atoms with Crippen LogP contribution in [-0.2, 0) is 0 Å². The van der Waals surface area contributed by atoms with Gasteiger partial charge in [0.15, 0.2) is 0 Å². The van der Waals surface area contributed by atoms with Crippen molar-refractivity contribution in [3.05, 3.63) is 5.92 Å². The third-order valence-electron chi connectivity index (χ3n) is 2.15. The van der Waals surface area contributed by atoms with Crippen molar-refractivity contribution < 1.29 is 0 Å². The van der Waals surface area contributed by atoms with Crippen LogP contribution >= 0.6 is 0 Å². The quantitative estimate of drug-likeness (QED) is 0.560. The lowest BCUT2D eigenvalue weighted by Crippen LogP contribution is -2.13. The number of rotatable bonds is 4. The Morgan fingerprint density at radius 1 is 1.20 bits per heavy atom. The zero-order valence-electron chi connectivity index (χ0n) is 8.07. The van der Waals surface area contributed by atoms with E-state index in [2.05, 4.69) is 34.6 Å². The van der Waals surface area contributed by atoms with Gasteiger partial charge >= 0.3 is 0 Å². The van der Waals surface area contributed by atoms with Gasteiger partial charge in [0.05, 0.1) is 0 Å². The average molecular weight is 141 g/mol. The van der Waals surface area contributed by atoms with Crippen molar-refractivity contribution in [2.24, 2.45) is 11.8 Å². The lowest BCUT2D eigenvalue weighted by atomic mass is 9.82. The Morgan fingerprint density at radius 3 is 1.80 bits per heavy atom. The molecule has 10 heavy (non-hydrogen) atoms. The van der Waals surface area contributed by atoms with Crippen LogP contribution in [0.1, 0.15) is 47.5 Å². The summed E-state index contributed by atoms with van der Waals surface area (Å²) in [6, 6.07) is 0. The summed E-state index contributed by atoms with van der Waals surface area (Å²) >= 11 is 0. The second kappa shape index (κ2) is 4.76. The first-order valence-corrected chi connectivity index (χ1v) is 4.39. The van der Waals surface area contributed by atoms with Crippen LogP contribution in [0.2, 0.25) is 0 Å². The molecule has 0 aliphatic heterocycles. The van der Waals surface area contributed by atoms with Crippen LogP contribution < -0.4 is 0 Å². The molecule has 0 fully saturated rings. The predicted octanol–water partition coefficient (Wildman–Crippen LogP) is 3.67. The third-order valence-corrected chi connectivity index (χ3v) is 2.15. The van der Waals surface area contributed by atoms with Gasteiger partial charge in [0.1, 0.15) is 0 Å². The second-order valence-electron chi connectivity index (χ2n) is 3.72. The molecule has 0 nitrogen and oxygen atoms in total. The van der Waals surface area contributed by atoms with E-state index in [-0.39, 0.29) is 0 Å². The molecule has 0 spiro atoms. The minimum absolute atomic E-state index is 0.824. The van der Waals surface area contributed by atoms with Crippen molar-refractivity contribution in [2.45, 2.75) is 47.5 Å². The van der Waals surface area contributed by atoms with Gasteiger partial charge in [0.2, 0.25) is 0 Å². The van der Waals surface area contributed by atoms with Gasteiger partial charge in [-0.3, -0.25) is 0 Å². The minimum atomic E-state index is 0.824. The Balaban J connectivity index is 3.73. The highest BCUT2D eigenvalue weighted by atomic mass is 14.2. The summed E-state index contributed by atoms with van der Waals surface area (Å²) in [4.78, 5) is 0. The maximum Gasteiger partial charge on any atom is -0.0269 e. The molecular formula is C10H21. The first-order chi connectivity index (χ1) is 4.59. The minimum Gasteiger partial charge on any atom is -0.0654 e. The molecule has 0 aromatic heterocycles. The van der Waals surface area contributed by atoms with Crippen molar-refractivity contribution in [3.63, 3.8) is 0 Å². The molecule has 0 rings (SSSR count). The lowest BCUT2D eigenvalue weighted by Gasteiger charge is -2.23. The van der Waals surface area contributed by atoms with Gasteiger partial charge in [0, 0.05) is 0 Å². The fraction of sp³-hybridized carbons (Fsp3) is 0.900. The van der Waals surface area contributed by atoms with Gasteiger partial charge in [-0.1, -0.05) is 41.0 Å². The van der Waals surface area contributed by atoms with Crippen molar-refractivity contribution in [1.29, 1.82) is 0 Å². The van der Waals surface area contributed by atoms with Crippen molar-refractivity contribution >= 4 is 0 Å². The van der Waals surface area contributed by atoms with Gasteiger partial charge < -0.3 is 0 Å². The summed E-state index contributed by atoms with van der Waals surface area (Å²) in [5.74, 6) is 3.27. The van der Waals surface area contributed by atoms with E-state index in [1.165, 1.54) is 12.8 Å². The van der Waals surface area contributed by atoms with Crippen LogP contribution in [0.3, 0.4) is 0 Å². The smallest absolute Gasteiger partial charge is 0.0269 e. The molecule has 0 N–H and O–H groups in total. The highest BCUT2D eigenvalue weighted by Crippen LogP contribution is 2.26. The van der Waals surface area contributed by atoms with Crippen molar-refractivity contribution in [3.8, 4) is 0 Å². The van der Waals surface area contributed by atoms with Crippen LogP contribution in [-0.4, -0.2) is 0 Å². The fourth-order valence-electron chi connectivity index (χ4n) is 1.60. The first-order valence-electron chi connectivity index (χ1n) is 4.39. The molecule has 0 aliphatic rings. The van der Waals surface area contributed by atoms with E-state index in [0.717, 1.165) is 11.8 Å². The van der Waals surface area contributed by atoms with E-state index < -0.39 is 0 Å². The first kappa shape index (κ1) is 10.0. The molecule has 61 valence electrons. The lowest BCUT2D eigenvalue weighted by molar-refractivity contribution is 0.373. The molecule has 0 heterocycles. The molecule has 1 unspecified atom stereocenters. The zero-order valence-corrected chi connectivity index (χ0v) is 8.07. The highest BCUT2D eigenvalue weighted by molar-refractivity contribution is 4.88. The van der Waals surface area contributed by atoms with Gasteiger partial charge in [0.25, 0.3) is 0 Å². The Kier molecular flexibility index (Phi) is 4.76. The van der Waals surface area contributed by atoms with Crippen LogP contribution in [0.4, 0.5) is 0 Å². The zero-order chi connectivity index (χ0) is 8.15. The molecule has 0 saturated heterocycles. The van der Waals surface area contributed by atoms with Gasteiger partial charge in [-0.05, 0) is 24.2 Å². The molecular weight excluding hydrogens is 120 g/mol. The highest BCUT2D eigenvalue weighted by Gasteiger charge is 2.15. The molecule has 0 bridgehead atoms. The molecule has 0 amide bonds. The summed E-state index contributed by atoms with van der Waals surface area (Å²) < 4.78 is 0. The van der Waals surface area contributed by atoms with Crippen LogP contribution in [0.15, 0.2) is 0 Å².